The number of rotatable bonds is 2. The summed E-state index contributed by atoms with van der Waals surface area (Å²) >= 11 is 5.56. The predicted molar refractivity (Wildman–Crippen MR) is 81.4 cm³/mol. The number of fused-ring (bicyclic) bond motifs is 1. The van der Waals surface area contributed by atoms with Crippen LogP contribution in [0.1, 0.15) is 42.2 Å². The van der Waals surface area contributed by atoms with Crippen molar-refractivity contribution >= 4 is 27.3 Å². The van der Waals surface area contributed by atoms with Crippen molar-refractivity contribution < 1.29 is 0 Å². The largest absolute Gasteiger partial charge is 0.306 e. The van der Waals surface area contributed by atoms with Gasteiger partial charge in [0.25, 0.3) is 0 Å². The van der Waals surface area contributed by atoms with Crippen LogP contribution in [0.2, 0.25) is 0 Å². The minimum atomic E-state index is 0.591. The third-order valence-corrected chi connectivity index (χ3v) is 5.86. The van der Waals surface area contributed by atoms with Crippen LogP contribution in [0.3, 0.4) is 0 Å². The van der Waals surface area contributed by atoms with Crippen LogP contribution in [0.15, 0.2) is 9.85 Å². The Hall–Kier alpha value is 0.100. The van der Waals surface area contributed by atoms with Gasteiger partial charge in [-0.1, -0.05) is 0 Å². The monoisotopic (exact) mass is 328 g/mol. The van der Waals surface area contributed by atoms with E-state index in [2.05, 4.69) is 39.3 Å². The van der Waals surface area contributed by atoms with Crippen LogP contribution < -0.4 is 5.32 Å². The normalized spacial score (nSPS) is 29.2. The summed E-state index contributed by atoms with van der Waals surface area (Å²) in [4.78, 5) is 4.05. The van der Waals surface area contributed by atoms with Crippen molar-refractivity contribution in [3.63, 3.8) is 0 Å². The molecule has 0 amide bonds. The van der Waals surface area contributed by atoms with E-state index in [4.69, 9.17) is 0 Å². The molecule has 2 aliphatic rings. The molecule has 0 spiro atoms. The lowest BCUT2D eigenvalue weighted by Gasteiger charge is -2.34. The molecule has 1 aromatic rings. The van der Waals surface area contributed by atoms with Crippen LogP contribution in [0.4, 0.5) is 0 Å². The number of likely N-dealkylation sites (tertiary alicyclic amines) is 1. The minimum absolute atomic E-state index is 0.591. The predicted octanol–water partition coefficient (Wildman–Crippen LogP) is 3.57. The second kappa shape index (κ2) is 5.61. The second-order valence-electron chi connectivity index (χ2n) is 5.64. The molecule has 2 heterocycles. The standard InChI is InChI=1S/C14H21BrN2S/c1-17-7-3-4-10(9-17)16-12-5-2-6-13-11(12)8-14(15)18-13/h8,10,12,16H,2-7,9H2,1H3. The average molecular weight is 329 g/mol. The molecule has 0 radical (unpaired) electrons. The lowest BCUT2D eigenvalue weighted by atomic mass is 9.92. The molecule has 4 heteroatoms. The quantitative estimate of drug-likeness (QED) is 0.892. The first-order valence-corrected chi connectivity index (χ1v) is 8.56. The fraction of sp³-hybridized carbons (Fsp3) is 0.714. The summed E-state index contributed by atoms with van der Waals surface area (Å²) < 4.78 is 1.29. The van der Waals surface area contributed by atoms with Crippen molar-refractivity contribution in [2.45, 2.75) is 44.2 Å². The zero-order valence-corrected chi connectivity index (χ0v) is 13.3. The summed E-state index contributed by atoms with van der Waals surface area (Å²) in [6, 6.07) is 3.61. The van der Waals surface area contributed by atoms with Gasteiger partial charge in [0.15, 0.2) is 0 Å². The van der Waals surface area contributed by atoms with E-state index in [1.807, 2.05) is 11.3 Å². The topological polar surface area (TPSA) is 15.3 Å². The molecule has 1 saturated heterocycles. The van der Waals surface area contributed by atoms with Crippen LogP contribution in [0.5, 0.6) is 0 Å². The molecule has 1 fully saturated rings. The number of aryl methyl sites for hydroxylation is 1. The minimum Gasteiger partial charge on any atom is -0.306 e. The maximum Gasteiger partial charge on any atom is 0.0704 e. The highest BCUT2D eigenvalue weighted by Crippen LogP contribution is 2.38. The Morgan fingerprint density at radius 3 is 3.11 bits per heavy atom. The van der Waals surface area contributed by atoms with Crippen LogP contribution in [-0.2, 0) is 6.42 Å². The smallest absolute Gasteiger partial charge is 0.0704 e. The molecule has 1 aromatic heterocycles. The number of hydrogen-bond acceptors (Lipinski definition) is 3. The van der Waals surface area contributed by atoms with Crippen LogP contribution in [-0.4, -0.2) is 31.1 Å². The van der Waals surface area contributed by atoms with Crippen molar-refractivity contribution in [2.24, 2.45) is 0 Å². The summed E-state index contributed by atoms with van der Waals surface area (Å²) in [5, 5.41) is 3.90. The third-order valence-electron chi connectivity index (χ3n) is 4.15. The van der Waals surface area contributed by atoms with Gasteiger partial charge in [-0.2, -0.15) is 0 Å². The molecule has 2 nitrogen and oxygen atoms in total. The molecular weight excluding hydrogens is 308 g/mol. The summed E-state index contributed by atoms with van der Waals surface area (Å²) in [6.45, 7) is 2.47. The number of nitrogens with one attached hydrogen (secondary N) is 1. The highest BCUT2D eigenvalue weighted by molar-refractivity contribution is 9.11. The SMILES string of the molecule is CN1CCCC(NC2CCCc3sc(Br)cc32)C1. The molecule has 1 aliphatic carbocycles. The van der Waals surface area contributed by atoms with Gasteiger partial charge in [-0.3, -0.25) is 0 Å². The molecule has 0 aromatic carbocycles. The first-order valence-electron chi connectivity index (χ1n) is 6.95. The summed E-state index contributed by atoms with van der Waals surface area (Å²) in [5.41, 5.74) is 1.56. The number of likely N-dealkylation sites (N-methyl/N-ethyl adjacent to an activating group) is 1. The van der Waals surface area contributed by atoms with Gasteiger partial charge in [0.1, 0.15) is 0 Å². The maximum atomic E-state index is 3.90. The summed E-state index contributed by atoms with van der Waals surface area (Å²) in [5.74, 6) is 0. The van der Waals surface area contributed by atoms with Gasteiger partial charge >= 0.3 is 0 Å². The molecule has 1 N–H and O–H groups in total. The van der Waals surface area contributed by atoms with Crippen LogP contribution in [0, 0.1) is 0 Å². The lowest BCUT2D eigenvalue weighted by Crippen LogP contribution is -2.45. The van der Waals surface area contributed by atoms with E-state index < -0.39 is 0 Å². The van der Waals surface area contributed by atoms with Gasteiger partial charge < -0.3 is 10.2 Å². The fourth-order valence-electron chi connectivity index (χ4n) is 3.28. The van der Waals surface area contributed by atoms with E-state index in [9.17, 15) is 0 Å². The molecule has 2 atom stereocenters. The number of piperidine rings is 1. The Kier molecular flexibility index (Phi) is 4.09. The summed E-state index contributed by atoms with van der Waals surface area (Å²) in [7, 11) is 2.24. The Balaban J connectivity index is 1.70. The van der Waals surface area contributed by atoms with E-state index in [1.54, 1.807) is 10.4 Å². The van der Waals surface area contributed by atoms with Gasteiger partial charge in [-0.15, -0.1) is 11.3 Å². The Morgan fingerprint density at radius 1 is 1.39 bits per heavy atom. The molecule has 1 aliphatic heterocycles. The number of hydrogen-bond donors (Lipinski definition) is 1. The number of halogens is 1. The highest BCUT2D eigenvalue weighted by atomic mass is 79.9. The first-order chi connectivity index (χ1) is 8.72. The van der Waals surface area contributed by atoms with Crippen molar-refractivity contribution in [3.05, 3.63) is 20.3 Å². The lowest BCUT2D eigenvalue weighted by molar-refractivity contribution is 0.212. The fourth-order valence-corrected chi connectivity index (χ4v) is 5.10. The van der Waals surface area contributed by atoms with Gasteiger partial charge in [0.2, 0.25) is 0 Å². The van der Waals surface area contributed by atoms with Gasteiger partial charge in [-0.05, 0) is 73.3 Å². The van der Waals surface area contributed by atoms with Crippen molar-refractivity contribution in [1.29, 1.82) is 0 Å². The van der Waals surface area contributed by atoms with E-state index in [0.717, 1.165) is 0 Å². The average Bonchev–Trinajstić information content (AvgIpc) is 2.71. The van der Waals surface area contributed by atoms with Gasteiger partial charge in [-0.25, -0.2) is 0 Å². The summed E-state index contributed by atoms with van der Waals surface area (Å²) in [6.07, 6.45) is 6.58. The molecule has 0 bridgehead atoms. The van der Waals surface area contributed by atoms with Crippen molar-refractivity contribution in [1.82, 2.24) is 10.2 Å². The Labute approximate surface area is 122 Å². The molecule has 100 valence electrons. The van der Waals surface area contributed by atoms with Gasteiger partial charge in [0, 0.05) is 23.5 Å². The van der Waals surface area contributed by atoms with Crippen LogP contribution in [0.25, 0.3) is 0 Å². The Bertz CT molecular complexity index is 418. The number of thiophene rings is 1. The van der Waals surface area contributed by atoms with Gasteiger partial charge in [0.05, 0.1) is 3.79 Å². The molecule has 3 rings (SSSR count). The highest BCUT2D eigenvalue weighted by Gasteiger charge is 2.26. The van der Waals surface area contributed by atoms with Crippen LogP contribution >= 0.6 is 27.3 Å². The third kappa shape index (κ3) is 2.82. The Morgan fingerprint density at radius 2 is 2.28 bits per heavy atom. The first kappa shape index (κ1) is 13.1. The van der Waals surface area contributed by atoms with E-state index in [0.29, 0.717) is 12.1 Å². The zero-order valence-electron chi connectivity index (χ0n) is 10.9. The molecule has 18 heavy (non-hydrogen) atoms. The van der Waals surface area contributed by atoms with E-state index in [-0.39, 0.29) is 0 Å². The maximum absolute atomic E-state index is 3.90. The number of nitrogens with zero attached hydrogens (tertiary/aromatic N) is 1. The van der Waals surface area contributed by atoms with E-state index >= 15 is 0 Å². The zero-order chi connectivity index (χ0) is 12.5. The van der Waals surface area contributed by atoms with Crippen molar-refractivity contribution in [2.75, 3.05) is 20.1 Å². The van der Waals surface area contributed by atoms with Crippen molar-refractivity contribution in [3.8, 4) is 0 Å². The molecule has 2 unspecified atom stereocenters. The van der Waals surface area contributed by atoms with E-state index in [1.165, 1.54) is 49.0 Å². The molecule has 0 saturated carbocycles. The second-order valence-corrected chi connectivity index (χ2v) is 8.16. The molecular formula is C14H21BrN2S.